The average molecular weight is 1060 g/mol. The Bertz CT molecular complexity index is 2470. The van der Waals surface area contributed by atoms with E-state index in [0.29, 0.717) is 65.7 Å². The maximum atomic E-state index is 14.7. The smallest absolute Gasteiger partial charge is 0.243 e. The van der Waals surface area contributed by atoms with Crippen LogP contribution in [0.25, 0.3) is 10.9 Å². The van der Waals surface area contributed by atoms with E-state index in [-0.39, 0.29) is 67.3 Å². The lowest BCUT2D eigenvalue weighted by Crippen LogP contribution is -2.56. The third kappa shape index (κ3) is 16.8. The highest BCUT2D eigenvalue weighted by atomic mass is 32.2. The summed E-state index contributed by atoms with van der Waals surface area (Å²) in [5.74, 6) is -6.29. The maximum Gasteiger partial charge on any atom is 0.243 e. The molecular formula is C52H75N11O11S. The van der Waals surface area contributed by atoms with E-state index in [9.17, 15) is 53.4 Å². The number of aliphatic hydroxyl groups excluding tert-OH is 2. The highest BCUT2D eigenvalue weighted by Gasteiger charge is 2.38. The van der Waals surface area contributed by atoms with Gasteiger partial charge in [0.15, 0.2) is 0 Å². The molecule has 5 rings (SSSR count). The number of carbonyl (C=O) groups is 9. The summed E-state index contributed by atoms with van der Waals surface area (Å²) in [7, 11) is 3.29. The Kier molecular flexibility index (Phi) is 23.0. The zero-order chi connectivity index (χ0) is 54.8. The van der Waals surface area contributed by atoms with E-state index in [4.69, 9.17) is 0 Å². The molecule has 8 amide bonds. The lowest BCUT2D eigenvalue weighted by molar-refractivity contribution is -0.137. The monoisotopic (exact) mass is 1060 g/mol. The Labute approximate surface area is 441 Å². The van der Waals surface area contributed by atoms with Gasteiger partial charge >= 0.3 is 0 Å². The number of benzene rings is 2. The van der Waals surface area contributed by atoms with Crippen molar-refractivity contribution in [1.82, 2.24) is 52.4 Å². The number of hydrogen-bond acceptors (Lipinski definition) is 14. The second-order valence-electron chi connectivity index (χ2n) is 19.4. The van der Waals surface area contributed by atoms with Gasteiger partial charge in [-0.15, -0.1) is 11.8 Å². The summed E-state index contributed by atoms with van der Waals surface area (Å²) in [4.78, 5) is 126. The van der Waals surface area contributed by atoms with Crippen LogP contribution in [0.3, 0.4) is 0 Å². The molecule has 0 bridgehead atoms. The summed E-state index contributed by atoms with van der Waals surface area (Å²) < 4.78 is 0. The van der Waals surface area contributed by atoms with Crippen LogP contribution in [-0.2, 0) is 56.1 Å². The number of H-pyrrole nitrogens is 1. The molecule has 75 heavy (non-hydrogen) atoms. The van der Waals surface area contributed by atoms with E-state index in [1.54, 1.807) is 70.1 Å². The fourth-order valence-corrected chi connectivity index (χ4v) is 10.2. The van der Waals surface area contributed by atoms with Gasteiger partial charge in [0.25, 0.3) is 0 Å². The lowest BCUT2D eigenvalue weighted by Gasteiger charge is -2.32. The van der Waals surface area contributed by atoms with Crippen LogP contribution in [0.2, 0.25) is 0 Å². The molecule has 2 aliphatic heterocycles. The molecule has 410 valence electrons. The van der Waals surface area contributed by atoms with E-state index in [1.807, 2.05) is 25.1 Å². The minimum absolute atomic E-state index is 0.0651. The van der Waals surface area contributed by atoms with Crippen molar-refractivity contribution in [3.8, 4) is 0 Å². The number of likely N-dealkylation sites (N-methyl/N-ethyl adjacent to an activating group) is 2. The predicted molar refractivity (Wildman–Crippen MR) is 283 cm³/mol. The first-order valence-corrected chi connectivity index (χ1v) is 26.6. The first-order chi connectivity index (χ1) is 35.9. The van der Waals surface area contributed by atoms with Gasteiger partial charge in [0.2, 0.25) is 47.3 Å². The van der Waals surface area contributed by atoms with Crippen LogP contribution in [-0.4, -0.2) is 162 Å². The molecule has 1 aromatic heterocycles. The van der Waals surface area contributed by atoms with Gasteiger partial charge in [0.1, 0.15) is 18.4 Å². The normalized spacial score (nSPS) is 21.5. The van der Waals surface area contributed by atoms with E-state index >= 15 is 0 Å². The lowest BCUT2D eigenvalue weighted by atomic mass is 9.83. The van der Waals surface area contributed by atoms with Crippen molar-refractivity contribution in [2.75, 3.05) is 51.4 Å². The molecule has 0 unspecified atom stereocenters. The average Bonchev–Trinajstić information content (AvgIpc) is 4.03. The topological polar surface area (TPSA) is 321 Å². The zero-order valence-electron chi connectivity index (χ0n) is 43.6. The van der Waals surface area contributed by atoms with Crippen molar-refractivity contribution in [2.24, 2.45) is 17.8 Å². The van der Waals surface area contributed by atoms with Crippen molar-refractivity contribution in [3.63, 3.8) is 0 Å². The summed E-state index contributed by atoms with van der Waals surface area (Å²) in [5.41, 5.74) is 2.69. The van der Waals surface area contributed by atoms with Crippen molar-refractivity contribution in [2.45, 2.75) is 127 Å². The number of hydrogen-bond donors (Lipinski definition) is 12. The van der Waals surface area contributed by atoms with Gasteiger partial charge < -0.3 is 72.7 Å². The summed E-state index contributed by atoms with van der Waals surface area (Å²) in [6, 6.07) is 9.35. The Morgan fingerprint density at radius 2 is 1.60 bits per heavy atom. The first-order valence-electron chi connectivity index (χ1n) is 25.6. The standard InChI is InChI=1S/C52H75N11O11S/c1-7-29(2)46-50(73)57-24-44(68)58-34(26-64)28-75-51-38(37-12-8-9-13-39(37)61-51)21-40(49(72)56-25-45(69)62-46)60-48(71)36(30(3)42(66)27-65)19-18-35-11-10-20-63(35)52(74)41(54-6)22-43(67)55-23-32-14-16-33(17-15-32)59-47(70)31(4)53-5/h8-9,12-17,26,29-31,34-36,40-42,46,53-54,61,65-66H,7,10-11,18-25,27-28H2,1-6H3,(H,55,67)(H,56,72)(H,57,73)(H,58,68)(H,59,70)(H,60,71)(H,62,69)/t29-,30+,31-,34+,35-,36-,40-,41-,42-,46-/m0/s1. The van der Waals surface area contributed by atoms with Gasteiger partial charge in [-0.1, -0.05) is 57.5 Å². The zero-order valence-corrected chi connectivity index (χ0v) is 44.4. The summed E-state index contributed by atoms with van der Waals surface area (Å²) >= 11 is 1.21. The molecule has 1 fully saturated rings. The van der Waals surface area contributed by atoms with Gasteiger partial charge in [-0.25, -0.2) is 0 Å². The van der Waals surface area contributed by atoms with Crippen LogP contribution in [0.5, 0.6) is 0 Å². The van der Waals surface area contributed by atoms with E-state index in [1.165, 1.54) is 11.8 Å². The van der Waals surface area contributed by atoms with Crippen molar-refractivity contribution in [3.05, 3.63) is 59.7 Å². The Balaban J connectivity index is 1.34. The number of nitrogens with one attached hydrogen (secondary N) is 10. The number of para-hydroxylation sites is 1. The van der Waals surface area contributed by atoms with E-state index in [0.717, 1.165) is 5.56 Å². The Hall–Kier alpha value is -6.40. The molecule has 0 saturated carbocycles. The molecule has 23 heteroatoms. The molecule has 1 saturated heterocycles. The Morgan fingerprint density at radius 1 is 0.907 bits per heavy atom. The number of nitrogens with zero attached hydrogens (tertiary/aromatic N) is 1. The number of aldehydes is 1. The van der Waals surface area contributed by atoms with E-state index < -0.39 is 91.3 Å². The molecule has 0 radical (unpaired) electrons. The fraction of sp³-hybridized carbons (Fsp3) is 0.558. The molecule has 22 nitrogen and oxygen atoms in total. The number of aromatic amines is 1. The molecule has 12 N–H and O–H groups in total. The van der Waals surface area contributed by atoms with Crippen LogP contribution in [0.15, 0.2) is 53.6 Å². The largest absolute Gasteiger partial charge is 0.394 e. The number of thioether (sulfide) groups is 1. The number of likely N-dealkylation sites (tertiary alicyclic amines) is 1. The SMILES string of the molecule is CC[C@H](C)[C@@H]1NC(=O)CNC(=O)[C@@H](NC(=O)[C@@H](CC[C@@H]2CCCN2C(=O)[C@H](CC(=O)NCc2ccc(NC(=O)[C@H](C)NC)cc2)NC)[C@@H](C)[C@@H](O)CO)Cc2c([nH]c3ccccc23)SC[C@@H](C=O)NC(=O)CNC1=O. The predicted octanol–water partition coefficient (Wildman–Crippen LogP) is -0.0345. The van der Waals surface area contributed by atoms with Crippen molar-refractivity contribution in [1.29, 1.82) is 0 Å². The number of rotatable bonds is 20. The van der Waals surface area contributed by atoms with Crippen molar-refractivity contribution < 1.29 is 53.4 Å². The van der Waals surface area contributed by atoms with Crippen LogP contribution in [0.1, 0.15) is 77.3 Å². The number of carbonyl (C=O) groups excluding carboxylic acids is 9. The third-order valence-corrected chi connectivity index (χ3v) is 15.4. The van der Waals surface area contributed by atoms with E-state index in [2.05, 4.69) is 52.8 Å². The van der Waals surface area contributed by atoms with Crippen LogP contribution in [0.4, 0.5) is 5.69 Å². The quantitative estimate of drug-likeness (QED) is 0.0662. The summed E-state index contributed by atoms with van der Waals surface area (Å²) in [5, 5.41) is 47.2. The minimum atomic E-state index is -1.33. The summed E-state index contributed by atoms with van der Waals surface area (Å²) in [6.07, 6.45) is 1.17. The minimum Gasteiger partial charge on any atom is -0.394 e. The maximum absolute atomic E-state index is 14.7. The van der Waals surface area contributed by atoms with Crippen LogP contribution in [0, 0.1) is 17.8 Å². The second kappa shape index (κ2) is 29.0. The highest BCUT2D eigenvalue weighted by molar-refractivity contribution is 7.99. The number of fused-ring (bicyclic) bond motifs is 3. The highest BCUT2D eigenvalue weighted by Crippen LogP contribution is 2.33. The number of aromatic nitrogens is 1. The molecule has 3 aromatic rings. The molecule has 2 aromatic carbocycles. The summed E-state index contributed by atoms with van der Waals surface area (Å²) in [6.45, 7) is 5.86. The third-order valence-electron chi connectivity index (χ3n) is 14.2. The fourth-order valence-electron chi connectivity index (χ4n) is 9.16. The second-order valence-corrected chi connectivity index (χ2v) is 20.4. The molecule has 0 aliphatic carbocycles. The van der Waals surface area contributed by atoms with Gasteiger partial charge in [0.05, 0.1) is 55.4 Å². The van der Waals surface area contributed by atoms with Crippen LogP contribution < -0.4 is 47.9 Å². The van der Waals surface area contributed by atoms with Gasteiger partial charge in [-0.2, -0.15) is 0 Å². The molecule has 3 heterocycles. The number of anilines is 1. The van der Waals surface area contributed by atoms with Gasteiger partial charge in [0, 0.05) is 53.8 Å². The van der Waals surface area contributed by atoms with Gasteiger partial charge in [-0.3, -0.25) is 38.4 Å². The molecule has 2 aliphatic rings. The van der Waals surface area contributed by atoms with Gasteiger partial charge in [-0.05, 0) is 87.9 Å². The van der Waals surface area contributed by atoms with Crippen LogP contribution >= 0.6 is 11.8 Å². The molecular weight excluding hydrogens is 987 g/mol. The Morgan fingerprint density at radius 3 is 2.27 bits per heavy atom. The van der Waals surface area contributed by atoms with Crippen molar-refractivity contribution >= 4 is 81.9 Å². The number of aliphatic hydroxyl groups is 2. The first kappa shape index (κ1) is 59.5. The number of amides is 8. The molecule has 0 spiro atoms. The molecule has 10 atom stereocenters.